The smallest absolute Gasteiger partial charge is 0.222 e. The Balaban J connectivity index is 2.36. The Morgan fingerprint density at radius 2 is 1.71 bits per heavy atom. The van der Waals surface area contributed by atoms with Crippen LogP contribution in [0, 0.1) is 5.92 Å². The molecule has 136 valence electrons. The highest BCUT2D eigenvalue weighted by Crippen LogP contribution is 2.28. The number of amides is 1. The van der Waals surface area contributed by atoms with E-state index in [1.165, 1.54) is 19.3 Å². The Bertz CT molecular complexity index is 500. The minimum Gasteiger partial charge on any atom is -0.493 e. The number of carbonyl (C=O) groups is 1. The minimum absolute atomic E-state index is 0.202. The molecule has 1 aromatic carbocycles. The molecule has 4 heteroatoms. The first kappa shape index (κ1) is 20.3. The van der Waals surface area contributed by atoms with E-state index in [1.807, 2.05) is 25.2 Å². The molecular formula is C20H33NO3. The molecule has 0 N–H and O–H groups in total. The van der Waals surface area contributed by atoms with Crippen LogP contribution in [0.1, 0.15) is 57.9 Å². The van der Waals surface area contributed by atoms with E-state index in [-0.39, 0.29) is 5.91 Å². The maximum absolute atomic E-state index is 12.2. The van der Waals surface area contributed by atoms with Crippen LogP contribution < -0.4 is 9.47 Å². The second-order valence-electron chi connectivity index (χ2n) is 6.79. The zero-order chi connectivity index (χ0) is 17.9. The summed E-state index contributed by atoms with van der Waals surface area (Å²) in [6.07, 6.45) is 6.53. The standard InChI is InChI=1S/C20H33NO3/c1-16(2)10-8-6-7-9-11-20(22)21(3)15-17-12-13-18(23-4)19(14-17)24-5/h12-14,16H,6-11,15H2,1-5H3. The highest BCUT2D eigenvalue weighted by Gasteiger charge is 2.11. The van der Waals surface area contributed by atoms with Gasteiger partial charge in [0.05, 0.1) is 14.2 Å². The van der Waals surface area contributed by atoms with Crippen molar-refractivity contribution in [3.8, 4) is 11.5 Å². The van der Waals surface area contributed by atoms with Crippen molar-refractivity contribution in [1.29, 1.82) is 0 Å². The first-order chi connectivity index (χ1) is 11.5. The SMILES string of the molecule is COc1ccc(CN(C)C(=O)CCCCCCC(C)C)cc1OC. The second-order valence-corrected chi connectivity index (χ2v) is 6.79. The summed E-state index contributed by atoms with van der Waals surface area (Å²) in [5.41, 5.74) is 1.04. The fourth-order valence-electron chi connectivity index (χ4n) is 2.71. The van der Waals surface area contributed by atoms with Crippen LogP contribution in [-0.2, 0) is 11.3 Å². The Labute approximate surface area is 147 Å². The number of nitrogens with zero attached hydrogens (tertiary/aromatic N) is 1. The van der Waals surface area contributed by atoms with E-state index in [4.69, 9.17) is 9.47 Å². The molecule has 0 atom stereocenters. The van der Waals surface area contributed by atoms with E-state index in [0.29, 0.717) is 24.5 Å². The number of hydrogen-bond donors (Lipinski definition) is 0. The fraction of sp³-hybridized carbons (Fsp3) is 0.650. The Morgan fingerprint density at radius 1 is 1.04 bits per heavy atom. The van der Waals surface area contributed by atoms with Crippen molar-refractivity contribution in [3.05, 3.63) is 23.8 Å². The molecule has 4 nitrogen and oxygen atoms in total. The van der Waals surface area contributed by atoms with Crippen LogP contribution in [0.25, 0.3) is 0 Å². The van der Waals surface area contributed by atoms with Crippen LogP contribution in [0.2, 0.25) is 0 Å². The number of carbonyl (C=O) groups excluding carboxylic acids is 1. The van der Waals surface area contributed by atoms with E-state index in [0.717, 1.165) is 24.3 Å². The van der Waals surface area contributed by atoms with Crippen molar-refractivity contribution >= 4 is 5.91 Å². The lowest BCUT2D eigenvalue weighted by Gasteiger charge is -2.18. The van der Waals surface area contributed by atoms with Gasteiger partial charge in [0.1, 0.15) is 0 Å². The highest BCUT2D eigenvalue weighted by atomic mass is 16.5. The molecule has 24 heavy (non-hydrogen) atoms. The summed E-state index contributed by atoms with van der Waals surface area (Å²) < 4.78 is 10.5. The van der Waals surface area contributed by atoms with Crippen LogP contribution in [0.3, 0.4) is 0 Å². The molecule has 0 saturated heterocycles. The summed E-state index contributed by atoms with van der Waals surface area (Å²) in [7, 11) is 5.10. The summed E-state index contributed by atoms with van der Waals surface area (Å²) in [5.74, 6) is 2.38. The number of unbranched alkanes of at least 4 members (excludes halogenated alkanes) is 3. The maximum atomic E-state index is 12.2. The third-order valence-corrected chi connectivity index (χ3v) is 4.22. The molecule has 0 aromatic heterocycles. The van der Waals surface area contributed by atoms with Gasteiger partial charge in [-0.3, -0.25) is 4.79 Å². The number of methoxy groups -OCH3 is 2. The molecule has 0 radical (unpaired) electrons. The molecule has 0 aliphatic rings. The van der Waals surface area contributed by atoms with Gasteiger partial charge in [-0.05, 0) is 30.0 Å². The molecule has 1 rings (SSSR count). The Kier molecular flexibility index (Phi) is 9.28. The monoisotopic (exact) mass is 335 g/mol. The molecule has 0 unspecified atom stereocenters. The van der Waals surface area contributed by atoms with Crippen molar-refractivity contribution in [1.82, 2.24) is 4.90 Å². The lowest BCUT2D eigenvalue weighted by atomic mass is 10.0. The summed E-state index contributed by atoms with van der Waals surface area (Å²) in [6.45, 7) is 5.10. The van der Waals surface area contributed by atoms with Gasteiger partial charge in [0.25, 0.3) is 0 Å². The quantitative estimate of drug-likeness (QED) is 0.552. The van der Waals surface area contributed by atoms with Gasteiger partial charge in [0, 0.05) is 20.0 Å². The predicted octanol–water partition coefficient (Wildman–Crippen LogP) is 4.66. The highest BCUT2D eigenvalue weighted by molar-refractivity contribution is 5.75. The zero-order valence-electron chi connectivity index (χ0n) is 15.9. The molecule has 1 aromatic rings. The van der Waals surface area contributed by atoms with Crippen molar-refractivity contribution in [2.75, 3.05) is 21.3 Å². The lowest BCUT2D eigenvalue weighted by Crippen LogP contribution is -2.25. The first-order valence-electron chi connectivity index (χ1n) is 8.92. The molecule has 0 saturated carbocycles. The van der Waals surface area contributed by atoms with Gasteiger partial charge in [-0.15, -0.1) is 0 Å². The Morgan fingerprint density at radius 3 is 2.33 bits per heavy atom. The molecule has 0 fully saturated rings. The van der Waals surface area contributed by atoms with E-state index in [9.17, 15) is 4.79 Å². The third kappa shape index (κ3) is 7.24. The lowest BCUT2D eigenvalue weighted by molar-refractivity contribution is -0.130. The Hall–Kier alpha value is -1.71. The summed E-state index contributed by atoms with van der Waals surface area (Å²) >= 11 is 0. The van der Waals surface area contributed by atoms with E-state index < -0.39 is 0 Å². The minimum atomic E-state index is 0.202. The van der Waals surface area contributed by atoms with Crippen LogP contribution in [0.4, 0.5) is 0 Å². The zero-order valence-corrected chi connectivity index (χ0v) is 15.9. The molecule has 0 aliphatic heterocycles. The molecule has 0 heterocycles. The second kappa shape index (κ2) is 11.0. The largest absolute Gasteiger partial charge is 0.493 e. The van der Waals surface area contributed by atoms with Gasteiger partial charge in [0.2, 0.25) is 5.91 Å². The average molecular weight is 335 g/mol. The number of rotatable bonds is 11. The van der Waals surface area contributed by atoms with E-state index >= 15 is 0 Å². The normalized spacial score (nSPS) is 10.8. The number of ether oxygens (including phenoxy) is 2. The summed E-state index contributed by atoms with van der Waals surface area (Å²) in [6, 6.07) is 5.77. The van der Waals surface area contributed by atoms with Crippen molar-refractivity contribution in [3.63, 3.8) is 0 Å². The van der Waals surface area contributed by atoms with Crippen LogP contribution >= 0.6 is 0 Å². The van der Waals surface area contributed by atoms with Crippen LogP contribution in [0.15, 0.2) is 18.2 Å². The number of benzene rings is 1. The van der Waals surface area contributed by atoms with Crippen molar-refractivity contribution < 1.29 is 14.3 Å². The van der Waals surface area contributed by atoms with Crippen LogP contribution in [0.5, 0.6) is 11.5 Å². The summed E-state index contributed by atoms with van der Waals surface area (Å²) in [4.78, 5) is 14.0. The van der Waals surface area contributed by atoms with Gasteiger partial charge in [0.15, 0.2) is 11.5 Å². The number of hydrogen-bond acceptors (Lipinski definition) is 3. The molecule has 0 spiro atoms. The van der Waals surface area contributed by atoms with Crippen molar-refractivity contribution in [2.45, 2.75) is 58.9 Å². The maximum Gasteiger partial charge on any atom is 0.222 e. The van der Waals surface area contributed by atoms with Crippen LogP contribution in [-0.4, -0.2) is 32.1 Å². The molecule has 0 bridgehead atoms. The van der Waals surface area contributed by atoms with Crippen molar-refractivity contribution in [2.24, 2.45) is 5.92 Å². The summed E-state index contributed by atoms with van der Waals surface area (Å²) in [5, 5.41) is 0. The van der Waals surface area contributed by atoms with Gasteiger partial charge in [-0.2, -0.15) is 0 Å². The predicted molar refractivity (Wildman–Crippen MR) is 98.6 cm³/mol. The third-order valence-electron chi connectivity index (χ3n) is 4.22. The van der Waals surface area contributed by atoms with E-state index in [1.54, 1.807) is 19.1 Å². The van der Waals surface area contributed by atoms with Gasteiger partial charge in [-0.25, -0.2) is 0 Å². The van der Waals surface area contributed by atoms with Gasteiger partial charge >= 0.3 is 0 Å². The average Bonchev–Trinajstić information content (AvgIpc) is 2.57. The molecule has 1 amide bonds. The van der Waals surface area contributed by atoms with Gasteiger partial charge < -0.3 is 14.4 Å². The van der Waals surface area contributed by atoms with E-state index in [2.05, 4.69) is 13.8 Å². The topological polar surface area (TPSA) is 38.8 Å². The molecular weight excluding hydrogens is 302 g/mol. The first-order valence-corrected chi connectivity index (χ1v) is 8.92. The fourth-order valence-corrected chi connectivity index (χ4v) is 2.71. The molecule has 0 aliphatic carbocycles. The van der Waals surface area contributed by atoms with Gasteiger partial charge in [-0.1, -0.05) is 45.6 Å².